The van der Waals surface area contributed by atoms with Gasteiger partial charge in [-0.1, -0.05) is 20.3 Å². The van der Waals surface area contributed by atoms with Crippen LogP contribution in [0.2, 0.25) is 0 Å². The zero-order chi connectivity index (χ0) is 12.1. The third-order valence-corrected chi connectivity index (χ3v) is 2.94. The molecule has 90 valence electrons. The predicted octanol–water partition coefficient (Wildman–Crippen LogP) is 0.960. The Hall–Kier alpha value is -1.36. The summed E-state index contributed by atoms with van der Waals surface area (Å²) in [6, 6.07) is -0.513. The summed E-state index contributed by atoms with van der Waals surface area (Å²) in [5.41, 5.74) is 6.79. The van der Waals surface area contributed by atoms with E-state index in [-0.39, 0.29) is 17.9 Å². The molecule has 4 N–H and O–H groups in total. The fraction of sp³-hybridized carbons (Fsp3) is 0.636. The number of H-pyrrole nitrogens is 1. The Morgan fingerprint density at radius 3 is 2.81 bits per heavy atom. The lowest BCUT2D eigenvalue weighted by Crippen LogP contribution is -2.45. The molecule has 0 aliphatic heterocycles. The molecule has 0 saturated carbocycles. The average Bonchev–Trinajstić information content (AvgIpc) is 2.80. The molecule has 0 aliphatic carbocycles. The molecule has 0 fully saturated rings. The third kappa shape index (κ3) is 3.06. The zero-order valence-corrected chi connectivity index (χ0v) is 10.0. The quantitative estimate of drug-likeness (QED) is 0.696. The van der Waals surface area contributed by atoms with Crippen molar-refractivity contribution in [3.05, 3.63) is 18.0 Å². The van der Waals surface area contributed by atoms with Crippen LogP contribution in [0.15, 0.2) is 12.4 Å². The van der Waals surface area contributed by atoms with E-state index in [0.29, 0.717) is 0 Å². The number of carbonyl (C=O) groups excluding carboxylic acids is 1. The summed E-state index contributed by atoms with van der Waals surface area (Å²) in [6.45, 7) is 5.91. The molecule has 0 radical (unpaired) electrons. The molecule has 1 heterocycles. The number of rotatable bonds is 5. The second-order valence-electron chi connectivity index (χ2n) is 4.17. The van der Waals surface area contributed by atoms with Crippen molar-refractivity contribution in [1.29, 1.82) is 0 Å². The Labute approximate surface area is 95.8 Å². The molecule has 16 heavy (non-hydrogen) atoms. The Kier molecular flexibility index (Phi) is 4.49. The number of aromatic nitrogens is 2. The van der Waals surface area contributed by atoms with E-state index in [1.54, 1.807) is 12.4 Å². The minimum absolute atomic E-state index is 0.0682. The van der Waals surface area contributed by atoms with Crippen LogP contribution in [-0.2, 0) is 4.79 Å². The van der Waals surface area contributed by atoms with Gasteiger partial charge in [-0.2, -0.15) is 5.10 Å². The molecule has 0 bridgehead atoms. The standard InChI is InChI=1S/C11H20N4O/c1-4-7(2)10(12)11(16)15-8(3)9-5-13-14-6-9/h5-8,10H,4,12H2,1-3H3,(H,13,14)(H,15,16). The van der Waals surface area contributed by atoms with Crippen molar-refractivity contribution in [2.45, 2.75) is 39.3 Å². The van der Waals surface area contributed by atoms with Crippen LogP contribution in [0.3, 0.4) is 0 Å². The smallest absolute Gasteiger partial charge is 0.237 e. The fourth-order valence-corrected chi connectivity index (χ4v) is 1.40. The lowest BCUT2D eigenvalue weighted by molar-refractivity contribution is -0.124. The lowest BCUT2D eigenvalue weighted by atomic mass is 9.99. The summed E-state index contributed by atoms with van der Waals surface area (Å²) < 4.78 is 0. The molecule has 1 aromatic heterocycles. The van der Waals surface area contributed by atoms with E-state index in [9.17, 15) is 4.79 Å². The Morgan fingerprint density at radius 1 is 1.62 bits per heavy atom. The number of amides is 1. The Balaban J connectivity index is 2.51. The summed E-state index contributed by atoms with van der Waals surface area (Å²) in [4.78, 5) is 11.8. The van der Waals surface area contributed by atoms with Gasteiger partial charge < -0.3 is 11.1 Å². The van der Waals surface area contributed by atoms with Gasteiger partial charge in [0.05, 0.1) is 18.3 Å². The van der Waals surface area contributed by atoms with Gasteiger partial charge in [0, 0.05) is 11.8 Å². The van der Waals surface area contributed by atoms with E-state index in [1.807, 2.05) is 20.8 Å². The molecule has 0 saturated heterocycles. The van der Waals surface area contributed by atoms with Crippen LogP contribution in [0.5, 0.6) is 0 Å². The highest BCUT2D eigenvalue weighted by Crippen LogP contribution is 2.11. The molecule has 0 aromatic carbocycles. The molecule has 1 aromatic rings. The van der Waals surface area contributed by atoms with Crippen LogP contribution in [0.4, 0.5) is 0 Å². The number of hydrogen-bond acceptors (Lipinski definition) is 3. The van der Waals surface area contributed by atoms with Gasteiger partial charge in [-0.3, -0.25) is 9.89 Å². The van der Waals surface area contributed by atoms with E-state index in [2.05, 4.69) is 15.5 Å². The molecular weight excluding hydrogens is 204 g/mol. The molecular formula is C11H20N4O. The first-order chi connectivity index (χ1) is 7.56. The van der Waals surface area contributed by atoms with Gasteiger partial charge in [0.25, 0.3) is 0 Å². The molecule has 0 aliphatic rings. The van der Waals surface area contributed by atoms with Gasteiger partial charge in [-0.25, -0.2) is 0 Å². The number of carbonyl (C=O) groups is 1. The van der Waals surface area contributed by atoms with Crippen LogP contribution >= 0.6 is 0 Å². The minimum Gasteiger partial charge on any atom is -0.348 e. The summed E-state index contributed by atoms with van der Waals surface area (Å²) in [5.74, 6) is 0.0830. The highest BCUT2D eigenvalue weighted by Gasteiger charge is 2.21. The van der Waals surface area contributed by atoms with Crippen molar-refractivity contribution in [2.75, 3.05) is 0 Å². The number of nitrogens with one attached hydrogen (secondary N) is 2. The van der Waals surface area contributed by atoms with Crippen LogP contribution < -0.4 is 11.1 Å². The van der Waals surface area contributed by atoms with Gasteiger partial charge in [-0.15, -0.1) is 0 Å². The van der Waals surface area contributed by atoms with Crippen molar-refractivity contribution in [3.63, 3.8) is 0 Å². The third-order valence-electron chi connectivity index (χ3n) is 2.94. The summed E-state index contributed by atoms with van der Waals surface area (Å²) in [7, 11) is 0. The van der Waals surface area contributed by atoms with Crippen molar-refractivity contribution < 1.29 is 4.79 Å². The molecule has 3 atom stereocenters. The lowest BCUT2D eigenvalue weighted by Gasteiger charge is -2.20. The highest BCUT2D eigenvalue weighted by molar-refractivity contribution is 5.82. The molecule has 1 amide bonds. The summed E-state index contributed by atoms with van der Waals surface area (Å²) in [6.07, 6.45) is 4.36. The maximum absolute atomic E-state index is 11.8. The number of nitrogens with two attached hydrogens (primary N) is 1. The molecule has 3 unspecified atom stereocenters. The first-order valence-electron chi connectivity index (χ1n) is 5.60. The van der Waals surface area contributed by atoms with Gasteiger partial charge in [-0.05, 0) is 12.8 Å². The molecule has 1 rings (SSSR count). The van der Waals surface area contributed by atoms with Gasteiger partial charge in [0.1, 0.15) is 0 Å². The molecule has 5 nitrogen and oxygen atoms in total. The normalized spacial score (nSPS) is 16.5. The molecule has 0 spiro atoms. The maximum Gasteiger partial charge on any atom is 0.237 e. The number of nitrogens with zero attached hydrogens (tertiary/aromatic N) is 1. The van der Waals surface area contributed by atoms with E-state index in [0.717, 1.165) is 12.0 Å². The summed E-state index contributed by atoms with van der Waals surface area (Å²) in [5, 5.41) is 9.43. The van der Waals surface area contributed by atoms with E-state index in [4.69, 9.17) is 5.73 Å². The van der Waals surface area contributed by atoms with Gasteiger partial charge in [0.2, 0.25) is 5.91 Å². The van der Waals surface area contributed by atoms with E-state index in [1.165, 1.54) is 0 Å². The Morgan fingerprint density at radius 2 is 2.31 bits per heavy atom. The van der Waals surface area contributed by atoms with Crippen LogP contribution in [0.25, 0.3) is 0 Å². The first-order valence-corrected chi connectivity index (χ1v) is 5.60. The maximum atomic E-state index is 11.8. The average molecular weight is 224 g/mol. The van der Waals surface area contributed by atoms with E-state index >= 15 is 0 Å². The number of aromatic amines is 1. The van der Waals surface area contributed by atoms with Gasteiger partial charge >= 0.3 is 0 Å². The van der Waals surface area contributed by atoms with Crippen LogP contribution in [-0.4, -0.2) is 22.1 Å². The SMILES string of the molecule is CCC(C)C(N)C(=O)NC(C)c1cn[nH]c1. The van der Waals surface area contributed by atoms with Crippen molar-refractivity contribution in [2.24, 2.45) is 11.7 Å². The zero-order valence-electron chi connectivity index (χ0n) is 10.0. The Bertz CT molecular complexity index is 323. The minimum atomic E-state index is -0.445. The van der Waals surface area contributed by atoms with Crippen molar-refractivity contribution in [3.8, 4) is 0 Å². The van der Waals surface area contributed by atoms with Gasteiger partial charge in [0.15, 0.2) is 0 Å². The fourth-order valence-electron chi connectivity index (χ4n) is 1.40. The van der Waals surface area contributed by atoms with E-state index < -0.39 is 6.04 Å². The predicted molar refractivity (Wildman–Crippen MR) is 62.6 cm³/mol. The topological polar surface area (TPSA) is 83.8 Å². The number of hydrogen-bond donors (Lipinski definition) is 3. The highest BCUT2D eigenvalue weighted by atomic mass is 16.2. The summed E-state index contributed by atoms with van der Waals surface area (Å²) >= 11 is 0. The second-order valence-corrected chi connectivity index (χ2v) is 4.17. The second kappa shape index (κ2) is 5.65. The largest absolute Gasteiger partial charge is 0.348 e. The monoisotopic (exact) mass is 224 g/mol. The van der Waals surface area contributed by atoms with Crippen LogP contribution in [0.1, 0.15) is 38.8 Å². The van der Waals surface area contributed by atoms with Crippen LogP contribution in [0, 0.1) is 5.92 Å². The molecule has 5 heteroatoms. The van der Waals surface area contributed by atoms with Crippen molar-refractivity contribution in [1.82, 2.24) is 15.5 Å². The van der Waals surface area contributed by atoms with Crippen molar-refractivity contribution >= 4 is 5.91 Å². The first kappa shape index (κ1) is 12.7.